The van der Waals surface area contributed by atoms with Crippen LogP contribution in [0.4, 0.5) is 0 Å². The molecule has 2 rings (SSSR count). The molecule has 110 valence electrons. The first-order valence-electron chi connectivity index (χ1n) is 7.54. The highest BCUT2D eigenvalue weighted by molar-refractivity contribution is 5.80. The Balaban J connectivity index is 2.00. The van der Waals surface area contributed by atoms with E-state index in [1.165, 1.54) is 25.5 Å². The molecule has 1 unspecified atom stereocenters. The van der Waals surface area contributed by atoms with Gasteiger partial charge in [0.2, 0.25) is 0 Å². The second kappa shape index (κ2) is 6.89. The van der Waals surface area contributed by atoms with E-state index in [1.807, 2.05) is 25.1 Å². The predicted octanol–water partition coefficient (Wildman–Crippen LogP) is 3.08. The number of nitrogens with one attached hydrogen (secondary N) is 1. The van der Waals surface area contributed by atoms with Crippen LogP contribution in [0.25, 0.3) is 0 Å². The van der Waals surface area contributed by atoms with Crippen molar-refractivity contribution in [1.29, 1.82) is 0 Å². The summed E-state index contributed by atoms with van der Waals surface area (Å²) < 4.78 is 5.01. The summed E-state index contributed by atoms with van der Waals surface area (Å²) in [6, 6.07) is 10.7. The zero-order chi connectivity index (χ0) is 14.4. The number of rotatable bonds is 6. The topological polar surface area (TPSA) is 38.3 Å². The van der Waals surface area contributed by atoms with Gasteiger partial charge in [0.15, 0.2) is 0 Å². The molecule has 3 heteroatoms. The average molecular weight is 275 g/mol. The molecule has 1 aromatic rings. The van der Waals surface area contributed by atoms with Crippen molar-refractivity contribution < 1.29 is 9.53 Å². The largest absolute Gasteiger partial charge is 0.468 e. The molecule has 1 aromatic carbocycles. The summed E-state index contributed by atoms with van der Waals surface area (Å²) in [7, 11) is 1.47. The maximum absolute atomic E-state index is 12.2. The minimum absolute atomic E-state index is 0.152. The highest BCUT2D eigenvalue weighted by atomic mass is 16.5. The summed E-state index contributed by atoms with van der Waals surface area (Å²) in [6.45, 7) is 1.97. The van der Waals surface area contributed by atoms with Crippen LogP contribution in [0, 0.1) is 0 Å². The van der Waals surface area contributed by atoms with Crippen molar-refractivity contribution in [2.75, 3.05) is 7.11 Å². The third-order valence-electron chi connectivity index (χ3n) is 4.27. The molecule has 1 atom stereocenters. The van der Waals surface area contributed by atoms with Crippen molar-refractivity contribution in [2.45, 2.75) is 57.0 Å². The van der Waals surface area contributed by atoms with Crippen molar-refractivity contribution in [3.05, 3.63) is 35.9 Å². The molecular weight excluding hydrogens is 250 g/mol. The van der Waals surface area contributed by atoms with Gasteiger partial charge in [-0.05, 0) is 38.2 Å². The number of esters is 1. The minimum Gasteiger partial charge on any atom is -0.468 e. The predicted molar refractivity (Wildman–Crippen MR) is 80.6 cm³/mol. The molecular formula is C17H25NO2. The summed E-state index contributed by atoms with van der Waals surface area (Å²) in [4.78, 5) is 12.2. The number of ether oxygens (including phenoxy) is 1. The maximum atomic E-state index is 12.2. The fourth-order valence-corrected chi connectivity index (χ4v) is 3.02. The van der Waals surface area contributed by atoms with E-state index >= 15 is 0 Å². The van der Waals surface area contributed by atoms with Crippen LogP contribution in [0.5, 0.6) is 0 Å². The maximum Gasteiger partial charge on any atom is 0.325 e. The lowest BCUT2D eigenvalue weighted by atomic mass is 9.92. The fourth-order valence-electron chi connectivity index (χ4n) is 3.02. The van der Waals surface area contributed by atoms with Gasteiger partial charge in [-0.15, -0.1) is 0 Å². The Morgan fingerprint density at radius 1 is 1.30 bits per heavy atom. The van der Waals surface area contributed by atoms with Gasteiger partial charge in [0.1, 0.15) is 5.54 Å². The first-order valence-corrected chi connectivity index (χ1v) is 7.54. The summed E-state index contributed by atoms with van der Waals surface area (Å²) >= 11 is 0. The Labute approximate surface area is 121 Å². The van der Waals surface area contributed by atoms with E-state index < -0.39 is 5.54 Å². The number of hydrogen-bond donors (Lipinski definition) is 1. The van der Waals surface area contributed by atoms with Crippen LogP contribution in [0.1, 0.15) is 44.6 Å². The number of benzene rings is 1. The van der Waals surface area contributed by atoms with E-state index in [9.17, 15) is 4.79 Å². The Morgan fingerprint density at radius 2 is 1.95 bits per heavy atom. The van der Waals surface area contributed by atoms with E-state index in [1.54, 1.807) is 0 Å². The highest BCUT2D eigenvalue weighted by Crippen LogP contribution is 2.24. The molecule has 0 saturated heterocycles. The Bertz CT molecular complexity index is 426. The summed E-state index contributed by atoms with van der Waals surface area (Å²) in [5, 5.41) is 3.54. The lowest BCUT2D eigenvalue weighted by Gasteiger charge is -2.31. The van der Waals surface area contributed by atoms with Gasteiger partial charge in [0, 0.05) is 6.04 Å². The molecule has 20 heavy (non-hydrogen) atoms. The molecule has 1 aliphatic carbocycles. The van der Waals surface area contributed by atoms with Gasteiger partial charge in [0.25, 0.3) is 0 Å². The van der Waals surface area contributed by atoms with Crippen molar-refractivity contribution in [1.82, 2.24) is 5.32 Å². The van der Waals surface area contributed by atoms with Crippen molar-refractivity contribution in [2.24, 2.45) is 0 Å². The lowest BCUT2D eigenvalue weighted by molar-refractivity contribution is -0.148. The molecule has 1 saturated carbocycles. The standard InChI is InChI=1S/C17H25NO2/c1-17(16(19)20-2,18-15-10-6-7-11-15)13-12-14-8-4-3-5-9-14/h3-5,8-9,15,18H,6-7,10-13H2,1-2H3. The molecule has 0 radical (unpaired) electrons. The zero-order valence-electron chi connectivity index (χ0n) is 12.5. The van der Waals surface area contributed by atoms with Crippen LogP contribution >= 0.6 is 0 Å². The number of carbonyl (C=O) groups excluding carboxylic acids is 1. The molecule has 1 fully saturated rings. The fraction of sp³-hybridized carbons (Fsp3) is 0.588. The molecule has 0 amide bonds. The Kier molecular flexibility index (Phi) is 5.18. The first kappa shape index (κ1) is 15.0. The number of aryl methyl sites for hydroxylation is 1. The van der Waals surface area contributed by atoms with E-state index in [-0.39, 0.29) is 5.97 Å². The van der Waals surface area contributed by atoms with Crippen LogP contribution in [0.15, 0.2) is 30.3 Å². The Hall–Kier alpha value is -1.35. The minimum atomic E-state index is -0.584. The number of carbonyl (C=O) groups is 1. The van der Waals surface area contributed by atoms with Gasteiger partial charge >= 0.3 is 5.97 Å². The summed E-state index contributed by atoms with van der Waals surface area (Å²) in [5.41, 5.74) is 0.676. The van der Waals surface area contributed by atoms with E-state index in [4.69, 9.17) is 4.74 Å². The molecule has 3 nitrogen and oxygen atoms in total. The number of methoxy groups -OCH3 is 1. The van der Waals surface area contributed by atoms with Crippen LogP contribution < -0.4 is 5.32 Å². The second-order valence-corrected chi connectivity index (χ2v) is 5.94. The third-order valence-corrected chi connectivity index (χ3v) is 4.27. The summed E-state index contributed by atoms with van der Waals surface area (Å²) in [5.74, 6) is -0.152. The smallest absolute Gasteiger partial charge is 0.325 e. The quantitative estimate of drug-likeness (QED) is 0.811. The molecule has 0 spiro atoms. The molecule has 0 heterocycles. The highest BCUT2D eigenvalue weighted by Gasteiger charge is 2.36. The SMILES string of the molecule is COC(=O)C(C)(CCc1ccccc1)NC1CCCC1. The normalized spacial score (nSPS) is 18.7. The zero-order valence-corrected chi connectivity index (χ0v) is 12.5. The lowest BCUT2D eigenvalue weighted by Crippen LogP contribution is -2.54. The second-order valence-electron chi connectivity index (χ2n) is 5.94. The monoisotopic (exact) mass is 275 g/mol. The van der Waals surface area contributed by atoms with Gasteiger partial charge in [-0.2, -0.15) is 0 Å². The van der Waals surface area contributed by atoms with Crippen LogP contribution in [-0.2, 0) is 16.0 Å². The van der Waals surface area contributed by atoms with Gasteiger partial charge in [0.05, 0.1) is 7.11 Å². The van der Waals surface area contributed by atoms with E-state index in [2.05, 4.69) is 17.4 Å². The van der Waals surface area contributed by atoms with Crippen LogP contribution in [-0.4, -0.2) is 24.7 Å². The van der Waals surface area contributed by atoms with Gasteiger partial charge in [-0.25, -0.2) is 0 Å². The summed E-state index contributed by atoms with van der Waals surface area (Å²) in [6.07, 6.45) is 6.49. The molecule has 0 aliphatic heterocycles. The molecule has 1 aliphatic rings. The first-order chi connectivity index (χ1) is 9.64. The Morgan fingerprint density at radius 3 is 2.55 bits per heavy atom. The van der Waals surface area contributed by atoms with Crippen molar-refractivity contribution in [3.63, 3.8) is 0 Å². The van der Waals surface area contributed by atoms with E-state index in [0.717, 1.165) is 25.7 Å². The molecule has 1 N–H and O–H groups in total. The van der Waals surface area contributed by atoms with Crippen LogP contribution in [0.3, 0.4) is 0 Å². The third kappa shape index (κ3) is 3.83. The van der Waals surface area contributed by atoms with Gasteiger partial charge in [-0.1, -0.05) is 43.2 Å². The van der Waals surface area contributed by atoms with Crippen molar-refractivity contribution >= 4 is 5.97 Å². The van der Waals surface area contributed by atoms with Gasteiger partial charge < -0.3 is 4.74 Å². The van der Waals surface area contributed by atoms with Crippen molar-refractivity contribution in [3.8, 4) is 0 Å². The molecule has 0 bridgehead atoms. The average Bonchev–Trinajstić information content (AvgIpc) is 2.98. The van der Waals surface area contributed by atoms with Gasteiger partial charge in [-0.3, -0.25) is 10.1 Å². The van der Waals surface area contributed by atoms with E-state index in [0.29, 0.717) is 6.04 Å². The van der Waals surface area contributed by atoms with Crippen LogP contribution in [0.2, 0.25) is 0 Å². The number of hydrogen-bond acceptors (Lipinski definition) is 3. The molecule has 0 aromatic heterocycles.